The van der Waals surface area contributed by atoms with Gasteiger partial charge in [-0.05, 0) is 37.0 Å². The van der Waals surface area contributed by atoms with Crippen LogP contribution >= 0.6 is 15.9 Å². The summed E-state index contributed by atoms with van der Waals surface area (Å²) < 4.78 is 3.82. The summed E-state index contributed by atoms with van der Waals surface area (Å²) in [6, 6.07) is 15.9. The van der Waals surface area contributed by atoms with Crippen molar-refractivity contribution in [2.75, 3.05) is 0 Å². The molecule has 0 saturated carbocycles. The van der Waals surface area contributed by atoms with Crippen molar-refractivity contribution < 1.29 is 0 Å². The lowest BCUT2D eigenvalue weighted by Gasteiger charge is -2.20. The molecule has 0 amide bonds. The van der Waals surface area contributed by atoms with E-state index in [9.17, 15) is 0 Å². The Labute approximate surface area is 243 Å². The summed E-state index contributed by atoms with van der Waals surface area (Å²) >= 11 is 3.75. The lowest BCUT2D eigenvalue weighted by atomic mass is 9.93. The van der Waals surface area contributed by atoms with Crippen LogP contribution in [-0.4, -0.2) is 4.57 Å². The van der Waals surface area contributed by atoms with Crippen molar-refractivity contribution in [2.24, 2.45) is 5.92 Å². The lowest BCUT2D eigenvalue weighted by Crippen LogP contribution is -2.11. The van der Waals surface area contributed by atoms with Crippen LogP contribution in [-0.2, 0) is 6.54 Å². The highest BCUT2D eigenvalue weighted by Crippen LogP contribution is 2.33. The molecule has 0 bridgehead atoms. The summed E-state index contributed by atoms with van der Waals surface area (Å²) in [5, 5.41) is 2.80. The Morgan fingerprint density at radius 3 is 1.58 bits per heavy atom. The first-order valence-corrected chi connectivity index (χ1v) is 17.2. The first-order valence-electron chi connectivity index (χ1n) is 16.4. The van der Waals surface area contributed by atoms with E-state index in [0.29, 0.717) is 0 Å². The predicted molar refractivity (Wildman–Crippen MR) is 174 cm³/mol. The van der Waals surface area contributed by atoms with Crippen LogP contribution in [0.15, 0.2) is 46.9 Å². The molecule has 0 spiro atoms. The van der Waals surface area contributed by atoms with Crippen molar-refractivity contribution in [3.63, 3.8) is 0 Å². The first-order chi connectivity index (χ1) is 18.7. The van der Waals surface area contributed by atoms with Crippen molar-refractivity contribution in [1.29, 1.82) is 0 Å². The molecule has 0 aliphatic heterocycles. The van der Waals surface area contributed by atoms with E-state index in [4.69, 9.17) is 0 Å². The zero-order valence-electron chi connectivity index (χ0n) is 24.8. The van der Waals surface area contributed by atoms with Crippen LogP contribution in [0.4, 0.5) is 0 Å². The van der Waals surface area contributed by atoms with E-state index in [0.717, 1.165) is 12.5 Å². The maximum absolute atomic E-state index is 3.75. The number of fused-ring (bicyclic) bond motifs is 3. The number of aromatic nitrogens is 1. The van der Waals surface area contributed by atoms with E-state index in [1.165, 1.54) is 155 Å². The molecule has 0 saturated heterocycles. The van der Waals surface area contributed by atoms with Gasteiger partial charge >= 0.3 is 0 Å². The Balaban J connectivity index is 1.54. The lowest BCUT2D eigenvalue weighted by molar-refractivity contribution is 0.364. The normalized spacial score (nSPS) is 12.6. The number of unbranched alkanes of at least 4 members (excludes halogenated alkanes) is 16. The van der Waals surface area contributed by atoms with E-state index in [-0.39, 0.29) is 0 Å². The number of nitrogens with zero attached hydrogens (tertiary/aromatic N) is 1. The summed E-state index contributed by atoms with van der Waals surface area (Å²) in [6.07, 6.45) is 28.3. The molecule has 212 valence electrons. The third-order valence-electron chi connectivity index (χ3n) is 8.61. The second kappa shape index (κ2) is 18.9. The molecule has 0 aliphatic carbocycles. The van der Waals surface area contributed by atoms with Crippen LogP contribution in [0.2, 0.25) is 0 Å². The Morgan fingerprint density at radius 1 is 0.553 bits per heavy atom. The van der Waals surface area contributed by atoms with Crippen molar-refractivity contribution in [3.05, 3.63) is 46.9 Å². The summed E-state index contributed by atoms with van der Waals surface area (Å²) in [5.41, 5.74) is 2.80. The zero-order valence-corrected chi connectivity index (χ0v) is 26.4. The number of rotatable bonds is 22. The Morgan fingerprint density at radius 2 is 1.03 bits per heavy atom. The third-order valence-corrected chi connectivity index (χ3v) is 9.10. The van der Waals surface area contributed by atoms with Crippen LogP contribution < -0.4 is 0 Å². The highest BCUT2D eigenvalue weighted by molar-refractivity contribution is 9.10. The van der Waals surface area contributed by atoms with Gasteiger partial charge in [-0.25, -0.2) is 0 Å². The van der Waals surface area contributed by atoms with E-state index in [1.807, 2.05) is 0 Å². The van der Waals surface area contributed by atoms with Gasteiger partial charge in [0, 0.05) is 27.3 Å². The fraction of sp³-hybridized carbons (Fsp3) is 0.667. The number of hydrogen-bond donors (Lipinski definition) is 0. The topological polar surface area (TPSA) is 4.93 Å². The number of para-hydroxylation sites is 1. The minimum absolute atomic E-state index is 0.780. The first kappa shape index (κ1) is 31.3. The maximum Gasteiger partial charge on any atom is 0.0502 e. The molecule has 1 atom stereocenters. The van der Waals surface area contributed by atoms with Gasteiger partial charge in [0.2, 0.25) is 0 Å². The number of benzene rings is 2. The van der Waals surface area contributed by atoms with Gasteiger partial charge in [-0.2, -0.15) is 0 Å². The number of halogens is 1. The molecular weight excluding hydrogens is 526 g/mol. The van der Waals surface area contributed by atoms with Crippen LogP contribution in [0.1, 0.15) is 142 Å². The second-order valence-corrected chi connectivity index (χ2v) is 12.8. The SMILES string of the molecule is CCCCCCCCCCCCC(CCCCCCCCCC)Cn1c2ccccc2c2ccc(Br)cc21. The van der Waals surface area contributed by atoms with Gasteiger partial charge in [0.05, 0.1) is 5.52 Å². The van der Waals surface area contributed by atoms with Crippen molar-refractivity contribution >= 4 is 37.7 Å². The van der Waals surface area contributed by atoms with E-state index < -0.39 is 0 Å². The summed E-state index contributed by atoms with van der Waals surface area (Å²) in [5.74, 6) is 0.780. The van der Waals surface area contributed by atoms with E-state index >= 15 is 0 Å². The highest BCUT2D eigenvalue weighted by Gasteiger charge is 2.16. The second-order valence-electron chi connectivity index (χ2n) is 11.9. The van der Waals surface area contributed by atoms with E-state index in [1.54, 1.807) is 0 Å². The van der Waals surface area contributed by atoms with Gasteiger partial charge in [0.1, 0.15) is 0 Å². The Kier molecular flexibility index (Phi) is 15.6. The molecule has 3 rings (SSSR count). The molecule has 1 unspecified atom stereocenters. The van der Waals surface area contributed by atoms with Gasteiger partial charge in [0.25, 0.3) is 0 Å². The van der Waals surface area contributed by atoms with Gasteiger partial charge in [-0.1, -0.05) is 170 Å². The quantitative estimate of drug-likeness (QED) is 0.104. The van der Waals surface area contributed by atoms with Crippen LogP contribution in [0.25, 0.3) is 21.8 Å². The summed E-state index contributed by atoms with van der Waals surface area (Å²) in [7, 11) is 0. The van der Waals surface area contributed by atoms with Gasteiger partial charge in [0.15, 0.2) is 0 Å². The molecule has 0 aliphatic rings. The molecule has 0 radical (unpaired) electrons. The third kappa shape index (κ3) is 10.7. The Hall–Kier alpha value is -1.28. The minimum atomic E-state index is 0.780. The minimum Gasteiger partial charge on any atom is -0.340 e. The molecule has 3 aromatic rings. The average Bonchev–Trinajstić information content (AvgIpc) is 3.23. The fourth-order valence-electron chi connectivity index (χ4n) is 6.29. The maximum atomic E-state index is 3.75. The van der Waals surface area contributed by atoms with Crippen LogP contribution in [0, 0.1) is 5.92 Å². The molecule has 0 fully saturated rings. The van der Waals surface area contributed by atoms with Gasteiger partial charge < -0.3 is 4.57 Å². The molecule has 38 heavy (non-hydrogen) atoms. The van der Waals surface area contributed by atoms with E-state index in [2.05, 4.69) is 76.8 Å². The smallest absolute Gasteiger partial charge is 0.0502 e. The predicted octanol–water partition coefficient (Wildman–Crippen LogP) is 13.0. The summed E-state index contributed by atoms with van der Waals surface area (Å²) in [6.45, 7) is 5.78. The Bertz CT molecular complexity index is 1020. The van der Waals surface area contributed by atoms with Gasteiger partial charge in [-0.15, -0.1) is 0 Å². The zero-order chi connectivity index (χ0) is 26.8. The molecule has 1 heterocycles. The summed E-state index contributed by atoms with van der Waals surface area (Å²) in [4.78, 5) is 0. The molecule has 2 heteroatoms. The van der Waals surface area contributed by atoms with Crippen LogP contribution in [0.5, 0.6) is 0 Å². The number of hydrogen-bond acceptors (Lipinski definition) is 0. The largest absolute Gasteiger partial charge is 0.340 e. The monoisotopic (exact) mass is 581 g/mol. The molecule has 0 N–H and O–H groups in total. The average molecular weight is 583 g/mol. The molecule has 2 aromatic carbocycles. The van der Waals surface area contributed by atoms with Gasteiger partial charge in [-0.3, -0.25) is 0 Å². The molecular formula is C36H56BrN. The standard InChI is InChI=1S/C36H56BrN/c1-3-5-7-9-11-13-14-16-18-20-24-31(23-19-17-15-12-10-8-6-4-2)30-38-35-26-22-21-25-33(35)34-28-27-32(37)29-36(34)38/h21-22,25-29,31H,3-20,23-24,30H2,1-2H3. The molecule has 1 aromatic heterocycles. The van der Waals surface area contributed by atoms with Crippen molar-refractivity contribution in [3.8, 4) is 0 Å². The highest BCUT2D eigenvalue weighted by atomic mass is 79.9. The van der Waals surface area contributed by atoms with Crippen molar-refractivity contribution in [1.82, 2.24) is 4.57 Å². The van der Waals surface area contributed by atoms with Crippen LogP contribution in [0.3, 0.4) is 0 Å². The van der Waals surface area contributed by atoms with Crippen molar-refractivity contribution in [2.45, 2.75) is 149 Å². The molecule has 1 nitrogen and oxygen atoms in total. The fourth-order valence-corrected chi connectivity index (χ4v) is 6.64.